The number of nitrogens with two attached hydrogens (primary N) is 1. The molecule has 31 heavy (non-hydrogen) atoms. The fourth-order valence-electron chi connectivity index (χ4n) is 3.65. The summed E-state index contributed by atoms with van der Waals surface area (Å²) in [5, 5.41) is 3.45. The van der Waals surface area contributed by atoms with Gasteiger partial charge in [0.1, 0.15) is 5.82 Å². The first kappa shape index (κ1) is 20.8. The number of hydrogen-bond acceptors (Lipinski definition) is 7. The minimum Gasteiger partial charge on any atom is -0.378 e. The van der Waals surface area contributed by atoms with E-state index >= 15 is 0 Å². The number of benzene rings is 2. The average molecular weight is 416 g/mol. The SMILES string of the molecule is CN(C)c1cccc(-c2cccc(-c3cnc(N)nc3NCCCN3CC=NC3)c2)c1. The molecule has 1 aliphatic rings. The van der Waals surface area contributed by atoms with E-state index in [4.69, 9.17) is 5.73 Å². The molecule has 3 N–H and O–H groups in total. The highest BCUT2D eigenvalue weighted by Gasteiger charge is 2.11. The van der Waals surface area contributed by atoms with E-state index in [-0.39, 0.29) is 5.95 Å². The molecule has 0 amide bonds. The number of rotatable bonds is 8. The average Bonchev–Trinajstić information content (AvgIpc) is 3.31. The van der Waals surface area contributed by atoms with Crippen LogP contribution in [0.25, 0.3) is 22.3 Å². The Balaban J connectivity index is 1.53. The molecule has 3 aromatic rings. The topological polar surface area (TPSA) is 82.7 Å². The van der Waals surface area contributed by atoms with Gasteiger partial charge in [-0.15, -0.1) is 0 Å². The predicted molar refractivity (Wildman–Crippen MR) is 130 cm³/mol. The van der Waals surface area contributed by atoms with Crippen LogP contribution >= 0.6 is 0 Å². The number of anilines is 3. The van der Waals surface area contributed by atoms with Gasteiger partial charge >= 0.3 is 0 Å². The largest absolute Gasteiger partial charge is 0.378 e. The van der Waals surface area contributed by atoms with Gasteiger partial charge in [-0.05, 0) is 41.3 Å². The monoisotopic (exact) mass is 415 g/mol. The summed E-state index contributed by atoms with van der Waals surface area (Å²) < 4.78 is 0. The van der Waals surface area contributed by atoms with Crippen LogP contribution in [0, 0.1) is 0 Å². The molecular weight excluding hydrogens is 386 g/mol. The summed E-state index contributed by atoms with van der Waals surface area (Å²) in [4.78, 5) is 17.4. The Kier molecular flexibility index (Phi) is 6.43. The predicted octanol–water partition coefficient (Wildman–Crippen LogP) is 3.60. The third-order valence-electron chi connectivity index (χ3n) is 5.37. The molecule has 2 aromatic carbocycles. The van der Waals surface area contributed by atoms with Gasteiger partial charge in [0, 0.05) is 57.4 Å². The molecule has 0 spiro atoms. The normalized spacial score (nSPS) is 13.5. The van der Waals surface area contributed by atoms with Crippen molar-refractivity contribution in [2.75, 3.05) is 56.3 Å². The van der Waals surface area contributed by atoms with Gasteiger partial charge in [-0.1, -0.05) is 30.3 Å². The van der Waals surface area contributed by atoms with Gasteiger partial charge < -0.3 is 16.0 Å². The van der Waals surface area contributed by atoms with Crippen molar-refractivity contribution in [3.8, 4) is 22.3 Å². The minimum absolute atomic E-state index is 0.272. The van der Waals surface area contributed by atoms with Crippen molar-refractivity contribution in [2.45, 2.75) is 6.42 Å². The lowest BCUT2D eigenvalue weighted by molar-refractivity contribution is 0.341. The van der Waals surface area contributed by atoms with E-state index in [1.807, 2.05) is 6.21 Å². The van der Waals surface area contributed by atoms with Crippen molar-refractivity contribution in [3.05, 3.63) is 54.7 Å². The zero-order chi connectivity index (χ0) is 21.6. The standard InChI is InChI=1S/C24H29N7/c1-30(2)21-9-4-7-19(15-21)18-6-3-8-20(14-18)22-16-28-24(25)29-23(22)27-10-5-12-31-13-11-26-17-31/h3-4,6-9,11,14-16H,5,10,12-13,17H2,1-2H3,(H3,25,27,28,29). The van der Waals surface area contributed by atoms with Crippen LogP contribution in [0.2, 0.25) is 0 Å². The van der Waals surface area contributed by atoms with Crippen LogP contribution in [0.4, 0.5) is 17.5 Å². The maximum Gasteiger partial charge on any atom is 0.221 e. The Morgan fingerprint density at radius 2 is 1.84 bits per heavy atom. The van der Waals surface area contributed by atoms with Gasteiger partial charge in [-0.25, -0.2) is 4.98 Å². The number of nitrogens with zero attached hydrogens (tertiary/aromatic N) is 5. The van der Waals surface area contributed by atoms with Crippen LogP contribution in [0.5, 0.6) is 0 Å². The molecular formula is C24H29N7. The molecule has 1 aliphatic heterocycles. The summed E-state index contributed by atoms with van der Waals surface area (Å²) >= 11 is 0. The molecule has 2 heterocycles. The van der Waals surface area contributed by atoms with Crippen LogP contribution in [0.3, 0.4) is 0 Å². The van der Waals surface area contributed by atoms with E-state index in [1.165, 1.54) is 11.3 Å². The molecule has 0 aliphatic carbocycles. The van der Waals surface area contributed by atoms with Crippen molar-refractivity contribution in [3.63, 3.8) is 0 Å². The van der Waals surface area contributed by atoms with Gasteiger partial charge in [-0.2, -0.15) is 4.98 Å². The van der Waals surface area contributed by atoms with Gasteiger partial charge in [0.25, 0.3) is 0 Å². The highest BCUT2D eigenvalue weighted by atomic mass is 15.2. The Labute approximate surface area is 183 Å². The van der Waals surface area contributed by atoms with E-state index in [0.717, 1.165) is 55.2 Å². The Hall–Kier alpha value is -3.45. The third-order valence-corrected chi connectivity index (χ3v) is 5.37. The molecule has 0 bridgehead atoms. The zero-order valence-electron chi connectivity index (χ0n) is 18.1. The molecule has 1 aromatic heterocycles. The molecule has 0 saturated carbocycles. The van der Waals surface area contributed by atoms with Crippen LogP contribution in [0.15, 0.2) is 59.7 Å². The van der Waals surface area contributed by atoms with E-state index in [0.29, 0.717) is 0 Å². The maximum atomic E-state index is 5.88. The quantitative estimate of drug-likeness (QED) is 0.547. The first-order valence-corrected chi connectivity index (χ1v) is 10.6. The molecule has 0 saturated heterocycles. The third kappa shape index (κ3) is 5.19. The molecule has 160 valence electrons. The Bertz CT molecular complexity index is 1050. The highest BCUT2D eigenvalue weighted by Crippen LogP contribution is 2.31. The van der Waals surface area contributed by atoms with E-state index < -0.39 is 0 Å². The van der Waals surface area contributed by atoms with Crippen molar-refractivity contribution >= 4 is 23.7 Å². The van der Waals surface area contributed by atoms with Gasteiger partial charge in [0.2, 0.25) is 5.95 Å². The van der Waals surface area contributed by atoms with Gasteiger partial charge in [-0.3, -0.25) is 9.89 Å². The van der Waals surface area contributed by atoms with Crippen LogP contribution < -0.4 is 16.0 Å². The highest BCUT2D eigenvalue weighted by molar-refractivity contribution is 5.80. The second kappa shape index (κ2) is 9.57. The Morgan fingerprint density at radius 3 is 2.61 bits per heavy atom. The Morgan fingerprint density at radius 1 is 1.06 bits per heavy atom. The molecule has 0 fully saturated rings. The van der Waals surface area contributed by atoms with Crippen LogP contribution in [-0.2, 0) is 0 Å². The smallest absolute Gasteiger partial charge is 0.221 e. The van der Waals surface area contributed by atoms with Crippen LogP contribution in [-0.4, -0.2) is 61.5 Å². The summed E-state index contributed by atoms with van der Waals surface area (Å²) in [5.74, 6) is 1.04. The van der Waals surface area contributed by atoms with Crippen molar-refractivity contribution in [1.82, 2.24) is 14.9 Å². The summed E-state index contributed by atoms with van der Waals surface area (Å²) in [7, 11) is 4.10. The number of aromatic nitrogens is 2. The van der Waals surface area contributed by atoms with E-state index in [9.17, 15) is 0 Å². The summed E-state index contributed by atoms with van der Waals surface area (Å²) in [6.45, 7) is 3.55. The van der Waals surface area contributed by atoms with Crippen LogP contribution in [0.1, 0.15) is 6.42 Å². The summed E-state index contributed by atoms with van der Waals surface area (Å²) in [6, 6.07) is 17.0. The lowest BCUT2D eigenvalue weighted by Gasteiger charge is -2.16. The number of aliphatic imine (C=N–C) groups is 1. The molecule has 7 heteroatoms. The van der Waals surface area contributed by atoms with Crippen molar-refractivity contribution in [2.24, 2.45) is 4.99 Å². The lowest BCUT2D eigenvalue weighted by Crippen LogP contribution is -2.23. The van der Waals surface area contributed by atoms with Crippen molar-refractivity contribution < 1.29 is 0 Å². The zero-order valence-corrected chi connectivity index (χ0v) is 18.1. The number of hydrogen-bond donors (Lipinski definition) is 2. The lowest BCUT2D eigenvalue weighted by atomic mass is 9.99. The second-order valence-electron chi connectivity index (χ2n) is 7.88. The molecule has 0 radical (unpaired) electrons. The molecule has 4 rings (SSSR count). The minimum atomic E-state index is 0.272. The first-order chi connectivity index (χ1) is 15.1. The van der Waals surface area contributed by atoms with E-state index in [1.54, 1.807) is 6.20 Å². The maximum absolute atomic E-state index is 5.88. The van der Waals surface area contributed by atoms with Crippen molar-refractivity contribution in [1.29, 1.82) is 0 Å². The molecule has 0 atom stereocenters. The number of nitrogen functional groups attached to an aromatic ring is 1. The van der Waals surface area contributed by atoms with Gasteiger partial charge in [0.15, 0.2) is 0 Å². The summed E-state index contributed by atoms with van der Waals surface area (Å²) in [5.41, 5.74) is 11.4. The fourth-order valence-corrected chi connectivity index (χ4v) is 3.65. The summed E-state index contributed by atoms with van der Waals surface area (Å²) in [6.07, 6.45) is 4.77. The fraction of sp³-hybridized carbons (Fsp3) is 0.292. The molecule has 7 nitrogen and oxygen atoms in total. The van der Waals surface area contributed by atoms with Gasteiger partial charge in [0.05, 0.1) is 6.67 Å². The number of nitrogens with one attached hydrogen (secondary N) is 1. The molecule has 0 unspecified atom stereocenters. The second-order valence-corrected chi connectivity index (χ2v) is 7.88. The van der Waals surface area contributed by atoms with E-state index in [2.05, 4.69) is 92.7 Å². The first-order valence-electron chi connectivity index (χ1n) is 10.6.